The fourth-order valence-corrected chi connectivity index (χ4v) is 5.07. The number of nitrogens with zero attached hydrogens (tertiary/aromatic N) is 1. The molecule has 0 saturated heterocycles. The number of pyridine rings is 1. The predicted molar refractivity (Wildman–Crippen MR) is 79.8 cm³/mol. The summed E-state index contributed by atoms with van der Waals surface area (Å²) in [5, 5.41) is 0.370. The van der Waals surface area contributed by atoms with Crippen molar-refractivity contribution < 1.29 is 8.42 Å². The van der Waals surface area contributed by atoms with Crippen LogP contribution in [-0.2, 0) is 10.0 Å². The van der Waals surface area contributed by atoms with Crippen LogP contribution in [0.25, 0.3) is 0 Å². The summed E-state index contributed by atoms with van der Waals surface area (Å²) in [6.45, 7) is 0. The van der Waals surface area contributed by atoms with Crippen LogP contribution in [0.3, 0.4) is 0 Å². The van der Waals surface area contributed by atoms with Gasteiger partial charge in [0.05, 0.1) is 19.0 Å². The minimum absolute atomic E-state index is 0.142. The summed E-state index contributed by atoms with van der Waals surface area (Å²) < 4.78 is 27.9. The van der Waals surface area contributed by atoms with E-state index >= 15 is 0 Å². The quantitative estimate of drug-likeness (QED) is 0.794. The summed E-state index contributed by atoms with van der Waals surface area (Å²) in [5.74, 6) is 0. The molecule has 18 heavy (non-hydrogen) atoms. The number of hydrogen-bond acceptors (Lipinski definition) is 4. The molecule has 2 aromatic heterocycles. The molecule has 96 valence electrons. The van der Waals surface area contributed by atoms with Gasteiger partial charge in [-0.25, -0.2) is 8.42 Å². The summed E-state index contributed by atoms with van der Waals surface area (Å²) in [6.07, 6.45) is 3.01. The molecule has 0 radical (unpaired) electrons. The Morgan fingerprint density at radius 2 is 2.11 bits per heavy atom. The lowest BCUT2D eigenvalue weighted by molar-refractivity contribution is 0.603. The Morgan fingerprint density at radius 3 is 2.67 bits per heavy atom. The molecule has 9 heteroatoms. The van der Waals surface area contributed by atoms with E-state index in [1.54, 1.807) is 6.07 Å². The number of thiophene rings is 1. The molecule has 0 aliphatic carbocycles. The van der Waals surface area contributed by atoms with Crippen molar-refractivity contribution in [1.29, 1.82) is 0 Å². The van der Waals surface area contributed by atoms with Gasteiger partial charge in [-0.3, -0.25) is 9.71 Å². The molecule has 0 spiro atoms. The van der Waals surface area contributed by atoms with Gasteiger partial charge in [0.15, 0.2) is 0 Å². The van der Waals surface area contributed by atoms with Crippen LogP contribution in [-0.4, -0.2) is 13.4 Å². The topological polar surface area (TPSA) is 59.1 Å². The lowest BCUT2D eigenvalue weighted by atomic mass is 10.4. The molecule has 0 saturated carbocycles. The molecule has 0 bridgehead atoms. The van der Waals surface area contributed by atoms with E-state index in [-0.39, 0.29) is 4.21 Å². The largest absolute Gasteiger partial charge is 0.278 e. The third-order valence-electron chi connectivity index (χ3n) is 1.90. The Balaban J connectivity index is 2.36. The SMILES string of the molecule is O=S(=O)(Nc1ccncc1Br)c1cc(Cl)c(Br)s1. The van der Waals surface area contributed by atoms with E-state index in [0.717, 1.165) is 11.3 Å². The van der Waals surface area contributed by atoms with Gasteiger partial charge in [0.2, 0.25) is 0 Å². The molecule has 2 aromatic rings. The molecule has 4 nitrogen and oxygen atoms in total. The van der Waals surface area contributed by atoms with E-state index in [1.165, 1.54) is 18.5 Å². The average molecular weight is 433 g/mol. The molecule has 0 atom stereocenters. The van der Waals surface area contributed by atoms with E-state index in [0.29, 0.717) is 19.0 Å². The summed E-state index contributed by atoms with van der Waals surface area (Å²) in [4.78, 5) is 3.86. The Morgan fingerprint density at radius 1 is 1.39 bits per heavy atom. The Bertz CT molecular complexity index is 668. The van der Waals surface area contributed by atoms with Crippen LogP contribution in [0, 0.1) is 0 Å². The monoisotopic (exact) mass is 430 g/mol. The maximum Gasteiger partial charge on any atom is 0.271 e. The molecular formula is C9H5Br2ClN2O2S2. The van der Waals surface area contributed by atoms with Gasteiger partial charge in [0, 0.05) is 12.4 Å². The molecule has 0 unspecified atom stereocenters. The second kappa shape index (κ2) is 5.46. The van der Waals surface area contributed by atoms with Crippen LogP contribution in [0.5, 0.6) is 0 Å². The molecule has 2 heterocycles. The van der Waals surface area contributed by atoms with Crippen LogP contribution in [0.2, 0.25) is 5.02 Å². The van der Waals surface area contributed by atoms with Gasteiger partial charge in [0.25, 0.3) is 10.0 Å². The minimum Gasteiger partial charge on any atom is -0.278 e. The number of aromatic nitrogens is 1. The van der Waals surface area contributed by atoms with Gasteiger partial charge >= 0.3 is 0 Å². The van der Waals surface area contributed by atoms with Crippen LogP contribution in [0.15, 0.2) is 37.0 Å². The van der Waals surface area contributed by atoms with Crippen LogP contribution >= 0.6 is 54.8 Å². The minimum atomic E-state index is -3.64. The number of halogens is 3. The third-order valence-corrected chi connectivity index (χ3v) is 6.85. The normalized spacial score (nSPS) is 11.5. The molecule has 0 amide bonds. The number of rotatable bonds is 3. The van der Waals surface area contributed by atoms with Crippen molar-refractivity contribution >= 4 is 70.5 Å². The molecule has 0 aromatic carbocycles. The zero-order chi connectivity index (χ0) is 13.3. The Kier molecular flexibility index (Phi) is 4.32. The third kappa shape index (κ3) is 3.05. The maximum atomic E-state index is 12.1. The zero-order valence-electron chi connectivity index (χ0n) is 8.52. The molecule has 1 N–H and O–H groups in total. The van der Waals surface area contributed by atoms with E-state index in [4.69, 9.17) is 11.6 Å². The van der Waals surface area contributed by atoms with Gasteiger partial charge < -0.3 is 0 Å². The highest BCUT2D eigenvalue weighted by Crippen LogP contribution is 2.35. The predicted octanol–water partition coefficient (Wildman–Crippen LogP) is 4.12. The molecule has 2 rings (SSSR count). The fourth-order valence-electron chi connectivity index (χ4n) is 1.11. The molecule has 0 aliphatic rings. The van der Waals surface area contributed by atoms with Crippen molar-refractivity contribution in [2.45, 2.75) is 4.21 Å². The molecular weight excluding hydrogens is 428 g/mol. The van der Waals surface area contributed by atoms with Crippen molar-refractivity contribution in [2.75, 3.05) is 4.72 Å². The molecule has 0 aliphatic heterocycles. The van der Waals surface area contributed by atoms with Gasteiger partial charge in [-0.2, -0.15) is 0 Å². The first-order chi connectivity index (χ1) is 8.40. The smallest absolute Gasteiger partial charge is 0.271 e. The van der Waals surface area contributed by atoms with Gasteiger partial charge in [-0.05, 0) is 44.0 Å². The van der Waals surface area contributed by atoms with Gasteiger partial charge in [0.1, 0.15) is 4.21 Å². The first-order valence-corrected chi connectivity index (χ1v) is 8.73. The first-order valence-electron chi connectivity index (χ1n) is 4.47. The van der Waals surface area contributed by atoms with Crippen molar-refractivity contribution in [3.63, 3.8) is 0 Å². The maximum absolute atomic E-state index is 12.1. The summed E-state index contributed by atoms with van der Waals surface area (Å²) in [6, 6.07) is 2.96. The number of sulfonamides is 1. The lowest BCUT2D eigenvalue weighted by Crippen LogP contribution is -2.11. The van der Waals surface area contributed by atoms with E-state index < -0.39 is 10.0 Å². The van der Waals surface area contributed by atoms with Crippen molar-refractivity contribution in [2.24, 2.45) is 0 Å². The number of hydrogen-bond donors (Lipinski definition) is 1. The second-order valence-electron chi connectivity index (χ2n) is 3.15. The van der Waals surface area contributed by atoms with E-state index in [1.807, 2.05) is 0 Å². The second-order valence-corrected chi connectivity index (χ2v) is 8.69. The van der Waals surface area contributed by atoms with Gasteiger partial charge in [-0.1, -0.05) is 11.6 Å². The molecule has 0 fully saturated rings. The Labute approximate surface area is 130 Å². The summed E-state index contributed by atoms with van der Waals surface area (Å²) in [7, 11) is -3.64. The highest BCUT2D eigenvalue weighted by Gasteiger charge is 2.19. The van der Waals surface area contributed by atoms with Crippen molar-refractivity contribution in [3.8, 4) is 0 Å². The van der Waals surface area contributed by atoms with Crippen molar-refractivity contribution in [1.82, 2.24) is 4.98 Å². The highest BCUT2D eigenvalue weighted by atomic mass is 79.9. The van der Waals surface area contributed by atoms with Crippen LogP contribution in [0.4, 0.5) is 5.69 Å². The number of nitrogens with one attached hydrogen (secondary N) is 1. The summed E-state index contributed by atoms with van der Waals surface area (Å²) >= 11 is 13.3. The van der Waals surface area contributed by atoms with E-state index in [2.05, 4.69) is 41.6 Å². The zero-order valence-corrected chi connectivity index (χ0v) is 14.1. The average Bonchev–Trinajstić information content (AvgIpc) is 2.63. The van der Waals surface area contributed by atoms with Crippen molar-refractivity contribution in [3.05, 3.63) is 37.8 Å². The number of anilines is 1. The highest BCUT2D eigenvalue weighted by molar-refractivity contribution is 9.11. The first kappa shape index (κ1) is 14.3. The summed E-state index contributed by atoms with van der Waals surface area (Å²) in [5.41, 5.74) is 0.422. The Hall–Kier alpha value is -0.150. The van der Waals surface area contributed by atoms with E-state index in [9.17, 15) is 8.42 Å². The lowest BCUT2D eigenvalue weighted by Gasteiger charge is -2.07. The van der Waals surface area contributed by atoms with Crippen LogP contribution in [0.1, 0.15) is 0 Å². The van der Waals surface area contributed by atoms with Gasteiger partial charge in [-0.15, -0.1) is 11.3 Å². The fraction of sp³-hybridized carbons (Fsp3) is 0. The standard InChI is InChI=1S/C9H5Br2ClN2O2S2/c10-5-4-13-2-1-7(5)14-18(15,16)8-3-6(12)9(11)17-8/h1-4H,(H,13,14). The van der Waals surface area contributed by atoms with Crippen LogP contribution < -0.4 is 4.72 Å².